The Morgan fingerprint density at radius 1 is 1.67 bits per heavy atom. The normalized spacial score (nSPS) is 24.0. The van der Waals surface area contributed by atoms with E-state index in [1.807, 2.05) is 12.1 Å². The van der Waals surface area contributed by atoms with Gasteiger partial charge < -0.3 is 20.5 Å². The first-order valence-corrected chi connectivity index (χ1v) is 6.27. The summed E-state index contributed by atoms with van der Waals surface area (Å²) in [5.41, 5.74) is 7.12. The summed E-state index contributed by atoms with van der Waals surface area (Å²) in [5, 5.41) is 9.16. The molecule has 98 valence electrons. The smallest absolute Gasteiger partial charge is 0.122 e. The maximum absolute atomic E-state index is 9.16. The molecule has 1 aromatic rings. The molecule has 0 spiro atoms. The number of aliphatic hydroxyl groups is 1. The zero-order valence-corrected chi connectivity index (χ0v) is 11.1. The van der Waals surface area contributed by atoms with Gasteiger partial charge in [0.2, 0.25) is 0 Å². The predicted molar refractivity (Wildman–Crippen MR) is 73.8 cm³/mol. The van der Waals surface area contributed by atoms with Crippen LogP contribution in [-0.2, 0) is 4.74 Å². The van der Waals surface area contributed by atoms with Crippen molar-refractivity contribution in [3.63, 3.8) is 0 Å². The number of hydrogen-bond donors (Lipinski definition) is 2. The summed E-state index contributed by atoms with van der Waals surface area (Å²) >= 11 is 4.87. The monoisotopic (exact) mass is 267 g/mol. The van der Waals surface area contributed by atoms with Crippen molar-refractivity contribution in [1.29, 1.82) is 0 Å². The first-order valence-electron chi connectivity index (χ1n) is 5.86. The van der Waals surface area contributed by atoms with E-state index in [0.29, 0.717) is 23.8 Å². The number of hydrogen-bond acceptors (Lipinski definition) is 5. The Kier molecular flexibility index (Phi) is 4.11. The number of aromatic nitrogens is 1. The molecule has 0 saturated carbocycles. The molecule has 2 rings (SSSR count). The van der Waals surface area contributed by atoms with Crippen molar-refractivity contribution < 1.29 is 9.84 Å². The first-order chi connectivity index (χ1) is 8.61. The lowest BCUT2D eigenvalue weighted by molar-refractivity contribution is -0.0103. The largest absolute Gasteiger partial charge is 0.394 e. The minimum absolute atomic E-state index is 0.0294. The molecule has 0 amide bonds. The van der Waals surface area contributed by atoms with E-state index in [4.69, 9.17) is 27.8 Å². The van der Waals surface area contributed by atoms with Gasteiger partial charge in [0, 0.05) is 12.6 Å². The summed E-state index contributed by atoms with van der Waals surface area (Å²) in [6.45, 7) is 3.37. The van der Waals surface area contributed by atoms with Crippen LogP contribution in [0.5, 0.6) is 0 Å². The third-order valence-corrected chi connectivity index (χ3v) is 3.25. The van der Waals surface area contributed by atoms with Gasteiger partial charge in [0.25, 0.3) is 0 Å². The van der Waals surface area contributed by atoms with E-state index in [1.54, 1.807) is 6.20 Å². The molecule has 1 saturated heterocycles. The maximum Gasteiger partial charge on any atom is 0.122 e. The van der Waals surface area contributed by atoms with Crippen LogP contribution in [0.1, 0.15) is 12.6 Å². The van der Waals surface area contributed by atoms with Gasteiger partial charge in [0.15, 0.2) is 0 Å². The van der Waals surface area contributed by atoms with E-state index >= 15 is 0 Å². The molecular weight excluding hydrogens is 250 g/mol. The number of thiocarbonyl (C=S) groups is 1. The molecule has 5 nitrogen and oxygen atoms in total. The van der Waals surface area contributed by atoms with Crippen LogP contribution in [0.3, 0.4) is 0 Å². The Balaban J connectivity index is 2.16. The summed E-state index contributed by atoms with van der Waals surface area (Å²) < 4.78 is 5.50. The van der Waals surface area contributed by atoms with Gasteiger partial charge in [-0.15, -0.1) is 0 Å². The Bertz CT molecular complexity index is 424. The van der Waals surface area contributed by atoms with Crippen LogP contribution >= 0.6 is 12.2 Å². The number of anilines is 1. The topological polar surface area (TPSA) is 71.6 Å². The van der Waals surface area contributed by atoms with Crippen LogP contribution in [0.4, 0.5) is 5.69 Å². The molecule has 1 aliphatic heterocycles. The Morgan fingerprint density at radius 3 is 3.00 bits per heavy atom. The molecule has 6 heteroatoms. The van der Waals surface area contributed by atoms with E-state index in [0.717, 1.165) is 5.69 Å². The van der Waals surface area contributed by atoms with Crippen molar-refractivity contribution in [3.05, 3.63) is 24.0 Å². The summed E-state index contributed by atoms with van der Waals surface area (Å²) in [6, 6.07) is 4.01. The molecular formula is C12H17N3O2S. The third-order valence-electron chi connectivity index (χ3n) is 3.04. The second-order valence-corrected chi connectivity index (χ2v) is 4.85. The Morgan fingerprint density at radius 2 is 2.44 bits per heavy atom. The van der Waals surface area contributed by atoms with Crippen molar-refractivity contribution in [1.82, 2.24) is 4.98 Å². The standard InChI is InChI=1S/C12H17N3O2S/c1-8-7-17-10(6-16)5-15(8)9-2-3-11(12(13)18)14-4-9/h2-4,8,10,16H,5-7H2,1H3,(H2,13,18). The average molecular weight is 267 g/mol. The van der Waals surface area contributed by atoms with Crippen LogP contribution in [0.15, 0.2) is 18.3 Å². The highest BCUT2D eigenvalue weighted by atomic mass is 32.1. The second-order valence-electron chi connectivity index (χ2n) is 4.41. The number of morpholine rings is 1. The second kappa shape index (κ2) is 5.60. The highest BCUT2D eigenvalue weighted by molar-refractivity contribution is 7.80. The van der Waals surface area contributed by atoms with Gasteiger partial charge in [-0.2, -0.15) is 0 Å². The zero-order valence-electron chi connectivity index (χ0n) is 10.2. The Hall–Kier alpha value is -1.24. The van der Waals surface area contributed by atoms with Crippen molar-refractivity contribution in [3.8, 4) is 0 Å². The quantitative estimate of drug-likeness (QED) is 0.768. The minimum atomic E-state index is -0.142. The van der Waals surface area contributed by atoms with E-state index in [2.05, 4.69) is 16.8 Å². The number of pyridine rings is 1. The molecule has 0 aromatic carbocycles. The van der Waals surface area contributed by atoms with Crippen LogP contribution in [0.25, 0.3) is 0 Å². The molecule has 0 aliphatic carbocycles. The molecule has 1 aromatic heterocycles. The van der Waals surface area contributed by atoms with Gasteiger partial charge in [0.05, 0.1) is 36.9 Å². The molecule has 0 bridgehead atoms. The Labute approximate surface area is 112 Å². The average Bonchev–Trinajstić information content (AvgIpc) is 2.39. The molecule has 2 unspecified atom stereocenters. The minimum Gasteiger partial charge on any atom is -0.394 e. The number of nitrogens with two attached hydrogens (primary N) is 1. The van der Waals surface area contributed by atoms with E-state index in [9.17, 15) is 0 Å². The molecule has 18 heavy (non-hydrogen) atoms. The van der Waals surface area contributed by atoms with Gasteiger partial charge >= 0.3 is 0 Å². The molecule has 0 radical (unpaired) electrons. The van der Waals surface area contributed by atoms with Crippen LogP contribution in [0, 0.1) is 0 Å². The lowest BCUT2D eigenvalue weighted by atomic mass is 10.1. The van der Waals surface area contributed by atoms with Crippen LogP contribution in [-0.4, -0.2) is 47.0 Å². The number of ether oxygens (including phenoxy) is 1. The van der Waals surface area contributed by atoms with Crippen LogP contribution in [0.2, 0.25) is 0 Å². The third kappa shape index (κ3) is 2.77. The SMILES string of the molecule is CC1COC(CO)CN1c1ccc(C(N)=S)nc1. The fourth-order valence-electron chi connectivity index (χ4n) is 1.99. The zero-order chi connectivity index (χ0) is 13.1. The van der Waals surface area contributed by atoms with Gasteiger partial charge in [-0.1, -0.05) is 12.2 Å². The van der Waals surface area contributed by atoms with Crippen molar-refractivity contribution in [2.75, 3.05) is 24.7 Å². The van der Waals surface area contributed by atoms with Gasteiger partial charge in [-0.3, -0.25) is 4.98 Å². The number of aliphatic hydroxyl groups excluding tert-OH is 1. The van der Waals surface area contributed by atoms with E-state index < -0.39 is 0 Å². The summed E-state index contributed by atoms with van der Waals surface area (Å²) in [5.74, 6) is 0. The van der Waals surface area contributed by atoms with Gasteiger partial charge in [-0.25, -0.2) is 0 Å². The first kappa shape index (κ1) is 13.2. The maximum atomic E-state index is 9.16. The molecule has 3 N–H and O–H groups in total. The van der Waals surface area contributed by atoms with Crippen LogP contribution < -0.4 is 10.6 Å². The van der Waals surface area contributed by atoms with E-state index in [1.165, 1.54) is 0 Å². The highest BCUT2D eigenvalue weighted by Crippen LogP contribution is 2.21. The lowest BCUT2D eigenvalue weighted by Gasteiger charge is -2.38. The van der Waals surface area contributed by atoms with E-state index in [-0.39, 0.29) is 18.8 Å². The highest BCUT2D eigenvalue weighted by Gasteiger charge is 2.25. The summed E-state index contributed by atoms with van der Waals surface area (Å²) in [7, 11) is 0. The van der Waals surface area contributed by atoms with Gasteiger partial charge in [-0.05, 0) is 19.1 Å². The summed E-state index contributed by atoms with van der Waals surface area (Å²) in [6.07, 6.45) is 1.61. The number of rotatable bonds is 3. The van der Waals surface area contributed by atoms with Crippen molar-refractivity contribution >= 4 is 22.9 Å². The lowest BCUT2D eigenvalue weighted by Crippen LogP contribution is -2.49. The molecule has 1 aliphatic rings. The molecule has 2 heterocycles. The van der Waals surface area contributed by atoms with Gasteiger partial charge in [0.1, 0.15) is 4.99 Å². The van der Waals surface area contributed by atoms with Crippen molar-refractivity contribution in [2.24, 2.45) is 5.73 Å². The molecule has 2 atom stereocenters. The van der Waals surface area contributed by atoms with Crippen molar-refractivity contribution in [2.45, 2.75) is 19.1 Å². The molecule has 1 fully saturated rings. The fraction of sp³-hybridized carbons (Fsp3) is 0.500. The number of nitrogens with zero attached hydrogens (tertiary/aromatic N) is 2. The fourth-order valence-corrected chi connectivity index (χ4v) is 2.11. The summed E-state index contributed by atoms with van der Waals surface area (Å²) in [4.78, 5) is 6.69. The predicted octanol–water partition coefficient (Wildman–Crippen LogP) is 0.302.